The van der Waals surface area contributed by atoms with Gasteiger partial charge in [0.2, 0.25) is 5.91 Å². The quantitative estimate of drug-likeness (QED) is 0.805. The smallest absolute Gasteiger partial charge is 0.234 e. The van der Waals surface area contributed by atoms with Crippen LogP contribution in [0.15, 0.2) is 16.6 Å². The second-order valence-electron chi connectivity index (χ2n) is 2.79. The summed E-state index contributed by atoms with van der Waals surface area (Å²) >= 11 is 13.1. The molecule has 0 aromatic heterocycles. The first-order valence-electron chi connectivity index (χ1n) is 3.91. The SMILES string of the molecule is Cc1cc(Br)c(Cl)cc1NC(=O)CS. The van der Waals surface area contributed by atoms with E-state index in [0.717, 1.165) is 15.7 Å². The van der Waals surface area contributed by atoms with Crippen molar-refractivity contribution in [2.45, 2.75) is 6.92 Å². The third-order valence-corrected chi connectivity index (χ3v) is 3.17. The highest BCUT2D eigenvalue weighted by Gasteiger charge is 2.06. The Morgan fingerprint density at radius 3 is 2.86 bits per heavy atom. The molecule has 1 aromatic carbocycles. The molecule has 0 aliphatic rings. The van der Waals surface area contributed by atoms with Crippen LogP contribution in [-0.2, 0) is 4.79 Å². The predicted molar refractivity (Wildman–Crippen MR) is 66.4 cm³/mol. The number of nitrogens with one attached hydrogen (secondary N) is 1. The Morgan fingerprint density at radius 2 is 2.29 bits per heavy atom. The fraction of sp³-hybridized carbons (Fsp3) is 0.222. The van der Waals surface area contributed by atoms with Crippen molar-refractivity contribution in [3.8, 4) is 0 Å². The number of carbonyl (C=O) groups is 1. The Bertz CT molecular complexity index is 370. The molecule has 76 valence electrons. The van der Waals surface area contributed by atoms with Crippen LogP contribution in [0.4, 0.5) is 5.69 Å². The molecule has 0 bridgehead atoms. The van der Waals surface area contributed by atoms with E-state index in [1.165, 1.54) is 0 Å². The molecule has 0 spiro atoms. The molecule has 0 aliphatic heterocycles. The van der Waals surface area contributed by atoms with Crippen molar-refractivity contribution in [3.63, 3.8) is 0 Å². The highest BCUT2D eigenvalue weighted by atomic mass is 79.9. The largest absolute Gasteiger partial charge is 0.325 e. The number of anilines is 1. The number of amides is 1. The van der Waals surface area contributed by atoms with E-state index in [4.69, 9.17) is 11.6 Å². The lowest BCUT2D eigenvalue weighted by molar-refractivity contribution is -0.113. The van der Waals surface area contributed by atoms with Gasteiger partial charge in [-0.2, -0.15) is 12.6 Å². The van der Waals surface area contributed by atoms with Gasteiger partial charge >= 0.3 is 0 Å². The molecule has 0 radical (unpaired) electrons. The van der Waals surface area contributed by atoms with E-state index in [0.29, 0.717) is 5.02 Å². The fourth-order valence-electron chi connectivity index (χ4n) is 0.971. The Labute approximate surface area is 102 Å². The van der Waals surface area contributed by atoms with Crippen molar-refractivity contribution >= 4 is 51.8 Å². The molecule has 1 rings (SSSR count). The van der Waals surface area contributed by atoms with Crippen LogP contribution in [0.2, 0.25) is 5.02 Å². The van der Waals surface area contributed by atoms with Crippen molar-refractivity contribution in [2.75, 3.05) is 11.1 Å². The molecule has 1 amide bonds. The maximum absolute atomic E-state index is 11.1. The summed E-state index contributed by atoms with van der Waals surface area (Å²) in [5.74, 6) is 0.0162. The van der Waals surface area contributed by atoms with Crippen molar-refractivity contribution in [1.29, 1.82) is 0 Å². The maximum Gasteiger partial charge on any atom is 0.234 e. The molecule has 0 saturated carbocycles. The summed E-state index contributed by atoms with van der Waals surface area (Å²) in [5.41, 5.74) is 1.67. The van der Waals surface area contributed by atoms with Gasteiger partial charge in [-0.15, -0.1) is 0 Å². The molecular weight excluding hydrogens is 286 g/mol. The summed E-state index contributed by atoms with van der Waals surface area (Å²) in [5, 5.41) is 3.28. The molecule has 0 atom stereocenters. The molecule has 1 aromatic rings. The molecule has 14 heavy (non-hydrogen) atoms. The van der Waals surface area contributed by atoms with E-state index in [9.17, 15) is 4.79 Å². The number of halogens is 2. The monoisotopic (exact) mass is 293 g/mol. The molecule has 0 aliphatic carbocycles. The molecule has 0 fully saturated rings. The van der Waals surface area contributed by atoms with Crippen LogP contribution in [0, 0.1) is 6.92 Å². The first-order valence-corrected chi connectivity index (χ1v) is 5.71. The van der Waals surface area contributed by atoms with E-state index in [2.05, 4.69) is 33.9 Å². The van der Waals surface area contributed by atoms with Crippen molar-refractivity contribution < 1.29 is 4.79 Å². The summed E-state index contributed by atoms with van der Waals surface area (Å²) in [4.78, 5) is 11.1. The van der Waals surface area contributed by atoms with Gasteiger partial charge in [-0.25, -0.2) is 0 Å². The predicted octanol–water partition coefficient (Wildman–Crippen LogP) is 3.28. The van der Waals surface area contributed by atoms with E-state index >= 15 is 0 Å². The van der Waals surface area contributed by atoms with Gasteiger partial charge in [0.1, 0.15) is 0 Å². The van der Waals surface area contributed by atoms with E-state index in [1.54, 1.807) is 6.07 Å². The number of thiol groups is 1. The van der Waals surface area contributed by atoms with Crippen LogP contribution < -0.4 is 5.32 Å². The van der Waals surface area contributed by atoms with Crippen LogP contribution in [0.5, 0.6) is 0 Å². The Morgan fingerprint density at radius 1 is 1.64 bits per heavy atom. The lowest BCUT2D eigenvalue weighted by Crippen LogP contribution is -2.13. The fourth-order valence-corrected chi connectivity index (χ4v) is 1.67. The van der Waals surface area contributed by atoms with Crippen LogP contribution in [-0.4, -0.2) is 11.7 Å². The Balaban J connectivity index is 2.98. The van der Waals surface area contributed by atoms with E-state index in [1.807, 2.05) is 13.0 Å². The summed E-state index contributed by atoms with van der Waals surface area (Å²) < 4.78 is 0.820. The number of carbonyl (C=O) groups excluding carboxylic acids is 1. The second kappa shape index (κ2) is 5.05. The van der Waals surface area contributed by atoms with E-state index in [-0.39, 0.29) is 11.7 Å². The zero-order valence-electron chi connectivity index (χ0n) is 7.47. The molecule has 5 heteroatoms. The van der Waals surface area contributed by atoms with Gasteiger partial charge in [-0.1, -0.05) is 11.6 Å². The molecule has 0 unspecified atom stereocenters. The minimum Gasteiger partial charge on any atom is -0.325 e. The third kappa shape index (κ3) is 2.90. The zero-order chi connectivity index (χ0) is 10.7. The van der Waals surface area contributed by atoms with Gasteiger partial charge in [-0.3, -0.25) is 4.79 Å². The summed E-state index contributed by atoms with van der Waals surface area (Å²) in [6.45, 7) is 1.90. The van der Waals surface area contributed by atoms with Crippen molar-refractivity contribution in [3.05, 3.63) is 27.2 Å². The first kappa shape index (κ1) is 11.9. The highest BCUT2D eigenvalue weighted by Crippen LogP contribution is 2.28. The lowest BCUT2D eigenvalue weighted by Gasteiger charge is -2.08. The molecule has 2 nitrogen and oxygen atoms in total. The lowest BCUT2D eigenvalue weighted by atomic mass is 10.2. The van der Waals surface area contributed by atoms with Crippen molar-refractivity contribution in [1.82, 2.24) is 0 Å². The third-order valence-electron chi connectivity index (χ3n) is 1.68. The average molecular weight is 295 g/mol. The molecular formula is C9H9BrClNOS. The first-order chi connectivity index (χ1) is 6.54. The Kier molecular flexibility index (Phi) is 4.29. The van der Waals surface area contributed by atoms with Crippen LogP contribution >= 0.6 is 40.2 Å². The van der Waals surface area contributed by atoms with Gasteiger partial charge in [0.25, 0.3) is 0 Å². The number of rotatable bonds is 2. The highest BCUT2D eigenvalue weighted by molar-refractivity contribution is 9.10. The standard InChI is InChI=1S/C9H9BrClNOS/c1-5-2-6(10)7(11)3-8(5)12-9(13)4-14/h2-3,14H,4H2,1H3,(H,12,13). The van der Waals surface area contributed by atoms with Gasteiger partial charge in [0.05, 0.1) is 10.8 Å². The number of benzene rings is 1. The number of hydrogen-bond donors (Lipinski definition) is 2. The Hall–Kier alpha value is -0.190. The second-order valence-corrected chi connectivity index (χ2v) is 4.37. The zero-order valence-corrected chi connectivity index (χ0v) is 10.7. The molecule has 0 saturated heterocycles. The van der Waals surface area contributed by atoms with Gasteiger partial charge in [-0.05, 0) is 40.5 Å². The summed E-state index contributed by atoms with van der Waals surface area (Å²) in [7, 11) is 0. The van der Waals surface area contributed by atoms with Gasteiger partial charge in [0.15, 0.2) is 0 Å². The van der Waals surface area contributed by atoms with Crippen LogP contribution in [0.3, 0.4) is 0 Å². The van der Waals surface area contributed by atoms with Crippen molar-refractivity contribution in [2.24, 2.45) is 0 Å². The topological polar surface area (TPSA) is 29.1 Å². The summed E-state index contributed by atoms with van der Waals surface area (Å²) in [6.07, 6.45) is 0. The number of aryl methyl sites for hydroxylation is 1. The number of hydrogen-bond acceptors (Lipinski definition) is 2. The van der Waals surface area contributed by atoms with E-state index < -0.39 is 0 Å². The maximum atomic E-state index is 11.1. The van der Waals surface area contributed by atoms with Gasteiger partial charge < -0.3 is 5.32 Å². The average Bonchev–Trinajstić information content (AvgIpc) is 2.14. The minimum atomic E-state index is -0.144. The minimum absolute atomic E-state index is 0.144. The van der Waals surface area contributed by atoms with Gasteiger partial charge in [0, 0.05) is 10.2 Å². The van der Waals surface area contributed by atoms with Crippen LogP contribution in [0.1, 0.15) is 5.56 Å². The van der Waals surface area contributed by atoms with Crippen LogP contribution in [0.25, 0.3) is 0 Å². The molecule has 0 heterocycles. The normalized spacial score (nSPS) is 10.0. The summed E-state index contributed by atoms with van der Waals surface area (Å²) in [6, 6.07) is 3.57. The molecule has 1 N–H and O–H groups in total.